The maximum Gasteiger partial charge on any atom is 0.254 e. The van der Waals surface area contributed by atoms with Gasteiger partial charge in [0.05, 0.1) is 6.54 Å². The van der Waals surface area contributed by atoms with Gasteiger partial charge in [0, 0.05) is 30.4 Å². The maximum atomic E-state index is 13.6. The van der Waals surface area contributed by atoms with Crippen LogP contribution in [0.2, 0.25) is 0 Å². The van der Waals surface area contributed by atoms with E-state index in [0.29, 0.717) is 12.1 Å². The van der Waals surface area contributed by atoms with Gasteiger partial charge in [-0.3, -0.25) is 9.59 Å². The van der Waals surface area contributed by atoms with Crippen LogP contribution >= 0.6 is 0 Å². The third-order valence-corrected chi connectivity index (χ3v) is 2.91. The number of nitrogens with one attached hydrogen (secondary N) is 1. The highest BCUT2D eigenvalue weighted by atomic mass is 19.1. The number of rotatable bonds is 4. The zero-order valence-corrected chi connectivity index (χ0v) is 11.3. The van der Waals surface area contributed by atoms with Gasteiger partial charge in [0.1, 0.15) is 5.82 Å². The summed E-state index contributed by atoms with van der Waals surface area (Å²) in [6.07, 6.45) is 0. The Kier molecular flexibility index (Phi) is 4.86. The number of anilines is 1. The third-order valence-electron chi connectivity index (χ3n) is 2.91. The lowest BCUT2D eigenvalue weighted by atomic mass is 10.1. The van der Waals surface area contributed by atoms with E-state index in [0.717, 1.165) is 6.07 Å². The number of carbonyl (C=O) groups excluding carboxylic acids is 2. The maximum absolute atomic E-state index is 13.6. The monoisotopic (exact) mass is 267 g/mol. The summed E-state index contributed by atoms with van der Waals surface area (Å²) in [6, 6.07) is 2.56. The van der Waals surface area contributed by atoms with E-state index in [1.165, 1.54) is 18.0 Å². The number of nitrogens with two attached hydrogens (primary N) is 1. The van der Waals surface area contributed by atoms with Crippen LogP contribution in [0.25, 0.3) is 0 Å². The van der Waals surface area contributed by atoms with Crippen LogP contribution in [0, 0.1) is 12.7 Å². The van der Waals surface area contributed by atoms with Crippen molar-refractivity contribution in [3.63, 3.8) is 0 Å². The Morgan fingerprint density at radius 1 is 1.42 bits per heavy atom. The summed E-state index contributed by atoms with van der Waals surface area (Å²) < 4.78 is 13.6. The molecule has 0 saturated heterocycles. The standard InChI is InChI=1S/C13H18FN3O2/c1-4-17(7-12(18)16-3)13(19)9-5-10(14)8(2)11(15)6-9/h5-6H,4,7,15H2,1-3H3,(H,16,18). The first kappa shape index (κ1) is 14.9. The van der Waals surface area contributed by atoms with E-state index >= 15 is 0 Å². The number of hydrogen-bond donors (Lipinski definition) is 2. The van der Waals surface area contributed by atoms with Gasteiger partial charge in [-0.05, 0) is 26.0 Å². The molecule has 5 nitrogen and oxygen atoms in total. The van der Waals surface area contributed by atoms with Crippen LogP contribution in [0.15, 0.2) is 12.1 Å². The molecule has 2 amide bonds. The molecule has 0 fully saturated rings. The molecule has 0 aliphatic carbocycles. The predicted molar refractivity (Wildman–Crippen MR) is 71.2 cm³/mol. The van der Waals surface area contributed by atoms with E-state index in [9.17, 15) is 14.0 Å². The van der Waals surface area contributed by atoms with Gasteiger partial charge >= 0.3 is 0 Å². The average molecular weight is 267 g/mol. The lowest BCUT2D eigenvalue weighted by molar-refractivity contribution is -0.121. The van der Waals surface area contributed by atoms with Crippen LogP contribution in [0.1, 0.15) is 22.8 Å². The number of halogens is 1. The van der Waals surface area contributed by atoms with Gasteiger partial charge < -0.3 is 16.0 Å². The number of carbonyl (C=O) groups is 2. The summed E-state index contributed by atoms with van der Waals surface area (Å²) in [7, 11) is 1.49. The normalized spacial score (nSPS) is 10.1. The molecule has 0 heterocycles. The first-order chi connectivity index (χ1) is 8.90. The number of nitrogen functional groups attached to an aromatic ring is 1. The number of likely N-dealkylation sites (N-methyl/N-ethyl adjacent to an activating group) is 2. The number of hydrogen-bond acceptors (Lipinski definition) is 3. The second kappa shape index (κ2) is 6.17. The fraction of sp³-hybridized carbons (Fsp3) is 0.385. The highest BCUT2D eigenvalue weighted by molar-refractivity contribution is 5.97. The first-order valence-electron chi connectivity index (χ1n) is 5.96. The van der Waals surface area contributed by atoms with Gasteiger partial charge in [0.15, 0.2) is 0 Å². The Morgan fingerprint density at radius 2 is 2.05 bits per heavy atom. The van der Waals surface area contributed by atoms with Gasteiger partial charge in [-0.1, -0.05) is 0 Å². The van der Waals surface area contributed by atoms with Crippen LogP contribution in [-0.4, -0.2) is 36.9 Å². The number of nitrogens with zero attached hydrogens (tertiary/aromatic N) is 1. The van der Waals surface area contributed by atoms with Gasteiger partial charge in [0.2, 0.25) is 5.91 Å². The van der Waals surface area contributed by atoms with Crippen LogP contribution in [0.5, 0.6) is 0 Å². The Morgan fingerprint density at radius 3 is 2.53 bits per heavy atom. The molecule has 0 saturated carbocycles. The Balaban J connectivity index is 3.01. The van der Waals surface area contributed by atoms with Gasteiger partial charge in [-0.15, -0.1) is 0 Å². The Bertz CT molecular complexity index is 480. The molecule has 6 heteroatoms. The van der Waals surface area contributed by atoms with Crippen LogP contribution in [-0.2, 0) is 4.79 Å². The molecular weight excluding hydrogens is 249 g/mol. The van der Waals surface area contributed by atoms with Crippen molar-refractivity contribution in [2.45, 2.75) is 13.8 Å². The van der Waals surface area contributed by atoms with Crippen LogP contribution in [0.4, 0.5) is 10.1 Å². The molecule has 0 atom stereocenters. The summed E-state index contributed by atoms with van der Waals surface area (Å²) in [5, 5.41) is 2.44. The largest absolute Gasteiger partial charge is 0.398 e. The summed E-state index contributed by atoms with van der Waals surface area (Å²) in [5.41, 5.74) is 6.32. The topological polar surface area (TPSA) is 75.4 Å². The fourth-order valence-corrected chi connectivity index (χ4v) is 1.59. The quantitative estimate of drug-likeness (QED) is 0.797. The molecule has 1 aromatic rings. The van der Waals surface area contributed by atoms with Crippen molar-refractivity contribution in [2.24, 2.45) is 0 Å². The molecule has 0 aliphatic rings. The lowest BCUT2D eigenvalue weighted by Crippen LogP contribution is -2.39. The average Bonchev–Trinajstić information content (AvgIpc) is 2.40. The molecule has 0 unspecified atom stereocenters. The molecule has 0 spiro atoms. The van der Waals surface area contributed by atoms with E-state index < -0.39 is 11.7 Å². The summed E-state index contributed by atoms with van der Waals surface area (Å²) in [4.78, 5) is 24.8. The van der Waals surface area contributed by atoms with E-state index in [1.807, 2.05) is 0 Å². The van der Waals surface area contributed by atoms with E-state index in [1.54, 1.807) is 13.8 Å². The molecule has 1 aromatic carbocycles. The minimum Gasteiger partial charge on any atom is -0.398 e. The molecule has 0 aliphatic heterocycles. The molecule has 104 valence electrons. The van der Waals surface area contributed by atoms with Crippen molar-refractivity contribution < 1.29 is 14.0 Å². The molecular formula is C13H18FN3O2. The zero-order chi connectivity index (χ0) is 14.6. The van der Waals surface area contributed by atoms with E-state index in [4.69, 9.17) is 5.73 Å². The summed E-state index contributed by atoms with van der Waals surface area (Å²) in [6.45, 7) is 3.57. The van der Waals surface area contributed by atoms with Crippen molar-refractivity contribution in [1.82, 2.24) is 10.2 Å². The molecule has 3 N–H and O–H groups in total. The SMILES string of the molecule is CCN(CC(=O)NC)C(=O)c1cc(N)c(C)c(F)c1. The molecule has 1 rings (SSSR count). The smallest absolute Gasteiger partial charge is 0.254 e. The second-order valence-electron chi connectivity index (χ2n) is 4.16. The zero-order valence-electron chi connectivity index (χ0n) is 11.3. The van der Waals surface area contributed by atoms with Crippen molar-refractivity contribution in [1.29, 1.82) is 0 Å². The minimum atomic E-state index is -0.528. The van der Waals surface area contributed by atoms with Crippen molar-refractivity contribution in [3.8, 4) is 0 Å². The highest BCUT2D eigenvalue weighted by Crippen LogP contribution is 2.18. The van der Waals surface area contributed by atoms with E-state index in [2.05, 4.69) is 5.32 Å². The van der Waals surface area contributed by atoms with E-state index in [-0.39, 0.29) is 23.7 Å². The summed E-state index contributed by atoms with van der Waals surface area (Å²) in [5.74, 6) is -1.23. The Hall–Kier alpha value is -2.11. The van der Waals surface area contributed by atoms with Crippen LogP contribution in [0.3, 0.4) is 0 Å². The molecule has 0 radical (unpaired) electrons. The predicted octanol–water partition coefficient (Wildman–Crippen LogP) is 0.924. The number of amides is 2. The first-order valence-corrected chi connectivity index (χ1v) is 5.96. The van der Waals surface area contributed by atoms with Crippen molar-refractivity contribution in [2.75, 3.05) is 25.9 Å². The van der Waals surface area contributed by atoms with Crippen molar-refractivity contribution in [3.05, 3.63) is 29.1 Å². The highest BCUT2D eigenvalue weighted by Gasteiger charge is 2.18. The molecule has 19 heavy (non-hydrogen) atoms. The fourth-order valence-electron chi connectivity index (χ4n) is 1.59. The van der Waals surface area contributed by atoms with Gasteiger partial charge in [-0.25, -0.2) is 4.39 Å². The molecule has 0 aromatic heterocycles. The van der Waals surface area contributed by atoms with Crippen molar-refractivity contribution >= 4 is 17.5 Å². The number of benzene rings is 1. The summed E-state index contributed by atoms with van der Waals surface area (Å²) >= 11 is 0. The third kappa shape index (κ3) is 3.43. The van der Waals surface area contributed by atoms with Gasteiger partial charge in [0.25, 0.3) is 5.91 Å². The second-order valence-corrected chi connectivity index (χ2v) is 4.16. The Labute approximate surface area is 111 Å². The molecule has 0 bridgehead atoms. The lowest BCUT2D eigenvalue weighted by Gasteiger charge is -2.20. The van der Waals surface area contributed by atoms with Gasteiger partial charge in [-0.2, -0.15) is 0 Å². The van der Waals surface area contributed by atoms with Crippen LogP contribution < -0.4 is 11.1 Å². The minimum absolute atomic E-state index is 0.0682.